The van der Waals surface area contributed by atoms with E-state index in [-0.39, 0.29) is 5.91 Å². The fourth-order valence-electron chi connectivity index (χ4n) is 2.66. The lowest BCUT2D eigenvalue weighted by molar-refractivity contribution is -0.121. The summed E-state index contributed by atoms with van der Waals surface area (Å²) in [6.07, 6.45) is 4.38. The van der Waals surface area contributed by atoms with Crippen molar-refractivity contribution in [3.05, 3.63) is 29.3 Å². The van der Waals surface area contributed by atoms with Crippen molar-refractivity contribution >= 4 is 11.6 Å². The number of methoxy groups -OCH3 is 1. The molecule has 0 aromatic heterocycles. The van der Waals surface area contributed by atoms with Crippen molar-refractivity contribution < 1.29 is 9.53 Å². The summed E-state index contributed by atoms with van der Waals surface area (Å²) in [6, 6.07) is 6.06. The van der Waals surface area contributed by atoms with Crippen LogP contribution in [0.1, 0.15) is 50.7 Å². The molecule has 2 rings (SSSR count). The summed E-state index contributed by atoms with van der Waals surface area (Å²) in [5.41, 5.74) is 6.04. The van der Waals surface area contributed by atoms with Crippen LogP contribution in [0.3, 0.4) is 0 Å². The number of hydrogen-bond acceptors (Lipinski definition) is 3. The number of carbonyl (C=O) groups excluding carboxylic acids is 1. The molecule has 114 valence electrons. The Bertz CT molecular complexity index is 538. The van der Waals surface area contributed by atoms with Crippen LogP contribution in [0, 0.1) is 5.92 Å². The van der Waals surface area contributed by atoms with Gasteiger partial charge in [-0.05, 0) is 48.9 Å². The first-order valence-electron chi connectivity index (χ1n) is 7.66. The van der Waals surface area contributed by atoms with Crippen molar-refractivity contribution in [2.24, 2.45) is 11.0 Å². The van der Waals surface area contributed by atoms with Crippen LogP contribution in [-0.2, 0) is 11.2 Å². The Morgan fingerprint density at radius 3 is 2.95 bits per heavy atom. The Hall–Kier alpha value is -1.84. The van der Waals surface area contributed by atoms with Gasteiger partial charge in [-0.3, -0.25) is 4.79 Å². The smallest absolute Gasteiger partial charge is 0.240 e. The summed E-state index contributed by atoms with van der Waals surface area (Å²) in [5.74, 6) is 1.39. The average Bonchev–Trinajstić information content (AvgIpc) is 2.49. The van der Waals surface area contributed by atoms with Crippen LogP contribution < -0.4 is 10.2 Å². The Morgan fingerprint density at radius 1 is 1.43 bits per heavy atom. The van der Waals surface area contributed by atoms with Crippen LogP contribution >= 0.6 is 0 Å². The summed E-state index contributed by atoms with van der Waals surface area (Å²) < 4.78 is 5.28. The number of unbranched alkanes of at least 4 members (excludes halogenated alkanes) is 1. The molecule has 1 aliphatic carbocycles. The van der Waals surface area contributed by atoms with E-state index in [1.165, 1.54) is 5.56 Å². The fraction of sp³-hybridized carbons (Fsp3) is 0.529. The van der Waals surface area contributed by atoms with E-state index in [4.69, 9.17) is 4.74 Å². The van der Waals surface area contributed by atoms with E-state index in [1.807, 2.05) is 12.1 Å². The molecule has 0 saturated heterocycles. The maximum Gasteiger partial charge on any atom is 0.240 e. The number of ether oxygens (including phenoxy) is 1. The van der Waals surface area contributed by atoms with Crippen molar-refractivity contribution in [3.63, 3.8) is 0 Å². The standard InChI is InChI=1S/C17H24N2O2/c1-4-5-6-17(20)19-18-16-10-12(2)9-13-11-14(21-3)7-8-15(13)16/h7-8,11-12H,4-6,9-10H2,1-3H3,(H,19,20)/b18-16-/t12-/m1/s1. The molecule has 0 spiro atoms. The average molecular weight is 288 g/mol. The lowest BCUT2D eigenvalue weighted by Gasteiger charge is -2.23. The summed E-state index contributed by atoms with van der Waals surface area (Å²) in [6.45, 7) is 4.28. The van der Waals surface area contributed by atoms with E-state index in [1.54, 1.807) is 7.11 Å². The van der Waals surface area contributed by atoms with Crippen LogP contribution in [0.25, 0.3) is 0 Å². The summed E-state index contributed by atoms with van der Waals surface area (Å²) in [7, 11) is 1.68. The molecule has 0 heterocycles. The van der Waals surface area contributed by atoms with Gasteiger partial charge in [0.1, 0.15) is 5.75 Å². The van der Waals surface area contributed by atoms with Crippen molar-refractivity contribution in [1.82, 2.24) is 5.43 Å². The van der Waals surface area contributed by atoms with Gasteiger partial charge >= 0.3 is 0 Å². The molecule has 1 amide bonds. The minimum absolute atomic E-state index is 0.00219. The molecule has 4 nitrogen and oxygen atoms in total. The first kappa shape index (κ1) is 15.5. The van der Waals surface area contributed by atoms with E-state index < -0.39 is 0 Å². The molecule has 0 aliphatic heterocycles. The third kappa shape index (κ3) is 4.06. The van der Waals surface area contributed by atoms with Crippen molar-refractivity contribution in [3.8, 4) is 5.75 Å². The van der Waals surface area contributed by atoms with Crippen molar-refractivity contribution in [2.45, 2.75) is 46.0 Å². The maximum atomic E-state index is 11.7. The topological polar surface area (TPSA) is 50.7 Å². The van der Waals surface area contributed by atoms with Crippen molar-refractivity contribution in [1.29, 1.82) is 0 Å². The Kier molecular flexibility index (Phi) is 5.37. The third-order valence-corrected chi connectivity index (χ3v) is 3.81. The number of hydrogen-bond donors (Lipinski definition) is 1. The molecule has 4 heteroatoms. The Morgan fingerprint density at radius 2 is 2.24 bits per heavy atom. The van der Waals surface area contributed by atoms with Gasteiger partial charge < -0.3 is 4.74 Å². The quantitative estimate of drug-likeness (QED) is 0.845. The number of hydrazone groups is 1. The molecular formula is C17H24N2O2. The number of nitrogens with zero attached hydrogens (tertiary/aromatic N) is 1. The molecule has 0 radical (unpaired) electrons. The Balaban J connectivity index is 2.16. The maximum absolute atomic E-state index is 11.7. The van der Waals surface area contributed by atoms with Gasteiger partial charge in [-0.25, -0.2) is 5.43 Å². The van der Waals surface area contributed by atoms with Gasteiger partial charge in [0, 0.05) is 12.0 Å². The lowest BCUT2D eigenvalue weighted by Crippen LogP contribution is -2.24. The molecule has 0 bridgehead atoms. The zero-order chi connectivity index (χ0) is 15.2. The van der Waals surface area contributed by atoms with Gasteiger partial charge in [0.05, 0.1) is 12.8 Å². The minimum atomic E-state index is -0.00219. The largest absolute Gasteiger partial charge is 0.497 e. The van der Waals surface area contributed by atoms with Crippen LogP contribution in [-0.4, -0.2) is 18.7 Å². The van der Waals surface area contributed by atoms with E-state index in [0.717, 1.165) is 42.7 Å². The second-order valence-electron chi connectivity index (χ2n) is 5.73. The minimum Gasteiger partial charge on any atom is -0.497 e. The number of carbonyl (C=O) groups is 1. The molecule has 1 N–H and O–H groups in total. The number of rotatable bonds is 5. The number of amides is 1. The van der Waals surface area contributed by atoms with Crippen LogP contribution in [0.15, 0.2) is 23.3 Å². The number of benzene rings is 1. The van der Waals surface area contributed by atoms with E-state index in [9.17, 15) is 4.79 Å². The molecular weight excluding hydrogens is 264 g/mol. The highest BCUT2D eigenvalue weighted by atomic mass is 16.5. The van der Waals surface area contributed by atoms with Crippen LogP contribution in [0.4, 0.5) is 0 Å². The first-order valence-corrected chi connectivity index (χ1v) is 7.66. The van der Waals surface area contributed by atoms with Gasteiger partial charge in [0.15, 0.2) is 0 Å². The van der Waals surface area contributed by atoms with Gasteiger partial charge in [0.2, 0.25) is 5.91 Å². The first-order chi connectivity index (χ1) is 10.1. The predicted molar refractivity (Wildman–Crippen MR) is 84.7 cm³/mol. The summed E-state index contributed by atoms with van der Waals surface area (Å²) in [4.78, 5) is 11.7. The van der Waals surface area contributed by atoms with Crippen LogP contribution in [0.2, 0.25) is 0 Å². The highest BCUT2D eigenvalue weighted by molar-refractivity contribution is 6.03. The van der Waals surface area contributed by atoms with E-state index in [0.29, 0.717) is 12.3 Å². The van der Waals surface area contributed by atoms with E-state index >= 15 is 0 Å². The zero-order valence-electron chi connectivity index (χ0n) is 13.1. The zero-order valence-corrected chi connectivity index (χ0v) is 13.1. The highest BCUT2D eigenvalue weighted by Gasteiger charge is 2.21. The number of fused-ring (bicyclic) bond motifs is 1. The molecule has 1 atom stereocenters. The molecule has 1 aromatic rings. The predicted octanol–water partition coefficient (Wildman–Crippen LogP) is 3.29. The molecule has 1 aromatic carbocycles. The third-order valence-electron chi connectivity index (χ3n) is 3.81. The normalized spacial score (nSPS) is 19.2. The SMILES string of the molecule is CCCCC(=O)N/N=C1/C[C@H](C)Cc2cc(OC)ccc21. The van der Waals surface area contributed by atoms with Gasteiger partial charge in [0.25, 0.3) is 0 Å². The molecule has 0 unspecified atom stereocenters. The second-order valence-corrected chi connectivity index (χ2v) is 5.73. The molecule has 1 aliphatic rings. The van der Waals surface area contributed by atoms with E-state index in [2.05, 4.69) is 30.4 Å². The monoisotopic (exact) mass is 288 g/mol. The van der Waals surface area contributed by atoms with Crippen LogP contribution in [0.5, 0.6) is 5.75 Å². The molecule has 0 saturated carbocycles. The fourth-order valence-corrected chi connectivity index (χ4v) is 2.66. The van der Waals surface area contributed by atoms with Gasteiger partial charge in [-0.15, -0.1) is 0 Å². The Labute approximate surface area is 126 Å². The molecule has 0 fully saturated rings. The number of nitrogens with one attached hydrogen (secondary N) is 1. The van der Waals surface area contributed by atoms with Crippen molar-refractivity contribution in [2.75, 3.05) is 7.11 Å². The summed E-state index contributed by atoms with van der Waals surface area (Å²) in [5, 5.41) is 4.36. The lowest BCUT2D eigenvalue weighted by atomic mass is 9.83. The summed E-state index contributed by atoms with van der Waals surface area (Å²) >= 11 is 0. The van der Waals surface area contributed by atoms with Gasteiger partial charge in [-0.2, -0.15) is 5.10 Å². The van der Waals surface area contributed by atoms with Gasteiger partial charge in [-0.1, -0.05) is 20.3 Å². The highest BCUT2D eigenvalue weighted by Crippen LogP contribution is 2.28. The second kappa shape index (κ2) is 7.25. The molecule has 21 heavy (non-hydrogen) atoms.